The second-order valence-corrected chi connectivity index (χ2v) is 13.9. The molecule has 0 radical (unpaired) electrons. The minimum atomic E-state index is -0.303. The number of allylic oxidation sites excluding steroid dienone is 4. The third-order valence-corrected chi connectivity index (χ3v) is 9.55. The predicted octanol–water partition coefficient (Wildman–Crippen LogP) is 11.7. The smallest absolute Gasteiger partial charge is 0.256 e. The highest BCUT2D eigenvalue weighted by Gasteiger charge is 2.33. The van der Waals surface area contributed by atoms with E-state index in [1.54, 1.807) is 0 Å². The SMILES string of the molecule is CCCCCCCC/C=C\CCCCCCCCNNC(=O)C1CCCN1C(=O)CCCCCCC/C=C\CCCCCCCC. The maximum absolute atomic E-state index is 12.8. The van der Waals surface area contributed by atoms with Gasteiger partial charge in [-0.3, -0.25) is 15.0 Å². The first-order valence-corrected chi connectivity index (χ1v) is 20.3. The summed E-state index contributed by atoms with van der Waals surface area (Å²) in [4.78, 5) is 27.4. The normalized spacial score (nSPS) is 15.1. The molecule has 0 saturated carbocycles. The molecule has 1 saturated heterocycles. The van der Waals surface area contributed by atoms with Crippen LogP contribution >= 0.6 is 0 Å². The number of amides is 2. The molecule has 2 N–H and O–H groups in total. The van der Waals surface area contributed by atoms with E-state index in [2.05, 4.69) is 49.0 Å². The van der Waals surface area contributed by atoms with Gasteiger partial charge in [-0.2, -0.15) is 0 Å². The Morgan fingerprint density at radius 3 is 1.46 bits per heavy atom. The van der Waals surface area contributed by atoms with Gasteiger partial charge in [-0.05, 0) is 77.0 Å². The summed E-state index contributed by atoms with van der Waals surface area (Å²) >= 11 is 0. The van der Waals surface area contributed by atoms with Gasteiger partial charge in [-0.1, -0.05) is 147 Å². The van der Waals surface area contributed by atoms with Gasteiger partial charge in [-0.15, -0.1) is 0 Å². The highest BCUT2D eigenvalue weighted by Crippen LogP contribution is 2.20. The van der Waals surface area contributed by atoms with Crippen LogP contribution < -0.4 is 10.9 Å². The van der Waals surface area contributed by atoms with Crippen LogP contribution in [-0.4, -0.2) is 35.8 Å². The Morgan fingerprint density at radius 1 is 0.565 bits per heavy atom. The second kappa shape index (κ2) is 33.3. The number of hydrogen-bond acceptors (Lipinski definition) is 3. The van der Waals surface area contributed by atoms with E-state index in [0.29, 0.717) is 6.42 Å². The fraction of sp³-hybridized carbons (Fsp3) is 0.854. The summed E-state index contributed by atoms with van der Waals surface area (Å²) in [6, 6.07) is -0.303. The Hall–Kier alpha value is -1.62. The van der Waals surface area contributed by atoms with E-state index in [4.69, 9.17) is 0 Å². The summed E-state index contributed by atoms with van der Waals surface area (Å²) in [5.74, 6) is 0.114. The zero-order valence-corrected chi connectivity index (χ0v) is 30.8. The summed E-state index contributed by atoms with van der Waals surface area (Å²) in [6.07, 6.45) is 46.3. The largest absolute Gasteiger partial charge is 0.331 e. The number of hydrazine groups is 1. The van der Waals surface area contributed by atoms with Crippen LogP contribution in [0.3, 0.4) is 0 Å². The maximum Gasteiger partial charge on any atom is 0.256 e. The summed E-state index contributed by atoms with van der Waals surface area (Å²) in [7, 11) is 0. The molecule has 268 valence electrons. The number of hydrogen-bond donors (Lipinski definition) is 2. The predicted molar refractivity (Wildman–Crippen MR) is 200 cm³/mol. The highest BCUT2D eigenvalue weighted by atomic mass is 16.2. The number of nitrogens with one attached hydrogen (secondary N) is 2. The molecule has 5 nitrogen and oxygen atoms in total. The number of nitrogens with zero attached hydrogens (tertiary/aromatic N) is 1. The van der Waals surface area contributed by atoms with Crippen LogP contribution in [0.15, 0.2) is 24.3 Å². The second-order valence-electron chi connectivity index (χ2n) is 13.9. The van der Waals surface area contributed by atoms with Crippen molar-refractivity contribution in [1.29, 1.82) is 0 Å². The number of rotatable bonds is 33. The Morgan fingerprint density at radius 2 is 0.978 bits per heavy atom. The van der Waals surface area contributed by atoms with E-state index in [-0.39, 0.29) is 17.9 Å². The Balaban J connectivity index is 1.94. The van der Waals surface area contributed by atoms with Crippen molar-refractivity contribution in [3.05, 3.63) is 24.3 Å². The van der Waals surface area contributed by atoms with Gasteiger partial charge in [0.2, 0.25) is 5.91 Å². The quantitative estimate of drug-likeness (QED) is 0.0425. The molecule has 0 aromatic rings. The van der Waals surface area contributed by atoms with Gasteiger partial charge < -0.3 is 4.90 Å². The molecule has 0 bridgehead atoms. The number of carbonyl (C=O) groups is 2. The van der Waals surface area contributed by atoms with E-state index in [1.807, 2.05) is 4.90 Å². The van der Waals surface area contributed by atoms with Crippen LogP contribution in [0, 0.1) is 0 Å². The van der Waals surface area contributed by atoms with Crippen LogP contribution in [0.5, 0.6) is 0 Å². The molecule has 2 amide bonds. The first-order valence-electron chi connectivity index (χ1n) is 20.3. The molecule has 0 aromatic heterocycles. The Labute approximate surface area is 286 Å². The molecule has 1 aliphatic heterocycles. The van der Waals surface area contributed by atoms with Crippen molar-refractivity contribution < 1.29 is 9.59 Å². The summed E-state index contributed by atoms with van der Waals surface area (Å²) in [5.41, 5.74) is 6.01. The summed E-state index contributed by atoms with van der Waals surface area (Å²) in [5, 5.41) is 0. The van der Waals surface area contributed by atoms with Gasteiger partial charge >= 0.3 is 0 Å². The van der Waals surface area contributed by atoms with Gasteiger partial charge in [0, 0.05) is 19.5 Å². The van der Waals surface area contributed by atoms with Crippen molar-refractivity contribution in [2.75, 3.05) is 13.1 Å². The topological polar surface area (TPSA) is 61.4 Å². The lowest BCUT2D eigenvalue weighted by Crippen LogP contribution is -2.50. The molecule has 0 aromatic carbocycles. The van der Waals surface area contributed by atoms with Crippen molar-refractivity contribution in [3.63, 3.8) is 0 Å². The van der Waals surface area contributed by atoms with Crippen LogP contribution in [-0.2, 0) is 9.59 Å². The lowest BCUT2D eigenvalue weighted by Gasteiger charge is -2.24. The van der Waals surface area contributed by atoms with Crippen molar-refractivity contribution in [3.8, 4) is 0 Å². The summed E-state index contributed by atoms with van der Waals surface area (Å²) in [6.45, 7) is 6.06. The first kappa shape index (κ1) is 42.4. The van der Waals surface area contributed by atoms with Crippen LogP contribution in [0.1, 0.15) is 206 Å². The fourth-order valence-corrected chi connectivity index (χ4v) is 6.52. The molecule has 1 aliphatic rings. The van der Waals surface area contributed by atoms with Crippen LogP contribution in [0.2, 0.25) is 0 Å². The number of unbranched alkanes of at least 4 members (excludes halogenated alkanes) is 23. The molecule has 0 aliphatic carbocycles. The molecule has 1 heterocycles. The van der Waals surface area contributed by atoms with Crippen molar-refractivity contribution >= 4 is 11.8 Å². The lowest BCUT2D eigenvalue weighted by molar-refractivity contribution is -0.138. The standard InChI is InChI=1S/C41H77N3O2/c1-3-5-7-9-11-13-15-17-19-21-23-25-27-29-31-33-37-42-43-41(46)39-35-34-38-44(39)40(45)36-32-30-28-26-24-22-20-18-16-14-12-10-8-6-4-2/h17-20,39,42H,3-16,21-38H2,1-2H3,(H,43,46)/b19-17-,20-18-. The molecule has 1 fully saturated rings. The van der Waals surface area contributed by atoms with Crippen LogP contribution in [0.25, 0.3) is 0 Å². The molecule has 1 atom stereocenters. The van der Waals surface area contributed by atoms with Gasteiger partial charge in [0.25, 0.3) is 5.91 Å². The Bertz CT molecular complexity index is 750. The third-order valence-electron chi connectivity index (χ3n) is 9.55. The average Bonchev–Trinajstić information content (AvgIpc) is 3.56. The number of carbonyl (C=O) groups excluding carboxylic acids is 2. The zero-order chi connectivity index (χ0) is 33.2. The third kappa shape index (κ3) is 25.5. The van der Waals surface area contributed by atoms with Gasteiger partial charge in [-0.25, -0.2) is 5.43 Å². The monoisotopic (exact) mass is 644 g/mol. The van der Waals surface area contributed by atoms with Gasteiger partial charge in [0.05, 0.1) is 0 Å². The molecule has 46 heavy (non-hydrogen) atoms. The summed E-state index contributed by atoms with van der Waals surface area (Å²) < 4.78 is 0. The first-order chi connectivity index (χ1) is 22.7. The molecule has 1 rings (SSSR count). The van der Waals surface area contributed by atoms with E-state index in [9.17, 15) is 9.59 Å². The lowest BCUT2D eigenvalue weighted by atomic mass is 10.1. The van der Waals surface area contributed by atoms with Gasteiger partial charge in [0.1, 0.15) is 6.04 Å². The molecule has 1 unspecified atom stereocenters. The number of likely N-dealkylation sites (tertiary alicyclic amines) is 1. The van der Waals surface area contributed by atoms with Crippen molar-refractivity contribution in [2.45, 2.75) is 213 Å². The highest BCUT2D eigenvalue weighted by molar-refractivity contribution is 5.87. The molecule has 5 heteroatoms. The molecule has 0 spiro atoms. The molecular formula is C41H77N3O2. The van der Waals surface area contributed by atoms with E-state index >= 15 is 0 Å². The molecular weight excluding hydrogens is 566 g/mol. The van der Waals surface area contributed by atoms with Gasteiger partial charge in [0.15, 0.2) is 0 Å². The average molecular weight is 644 g/mol. The van der Waals surface area contributed by atoms with Crippen molar-refractivity contribution in [1.82, 2.24) is 15.8 Å². The van der Waals surface area contributed by atoms with E-state index < -0.39 is 0 Å². The van der Waals surface area contributed by atoms with Crippen LogP contribution in [0.4, 0.5) is 0 Å². The zero-order valence-electron chi connectivity index (χ0n) is 30.8. The fourth-order valence-electron chi connectivity index (χ4n) is 6.52. The minimum Gasteiger partial charge on any atom is -0.331 e. The minimum absolute atomic E-state index is 0.0417. The Kier molecular flexibility index (Phi) is 30.7. The maximum atomic E-state index is 12.8. The van der Waals surface area contributed by atoms with E-state index in [0.717, 1.165) is 45.2 Å². The van der Waals surface area contributed by atoms with Crippen molar-refractivity contribution in [2.24, 2.45) is 0 Å². The van der Waals surface area contributed by atoms with E-state index in [1.165, 1.54) is 154 Å².